The molecule has 11 aromatic carbocycles. The molecule has 0 unspecified atom stereocenters. The molecule has 0 spiro atoms. The van der Waals surface area contributed by atoms with Gasteiger partial charge in [-0.25, -0.2) is 0 Å². The van der Waals surface area contributed by atoms with E-state index >= 15 is 0 Å². The van der Waals surface area contributed by atoms with Gasteiger partial charge in [-0.15, -0.1) is 0 Å². The highest BCUT2D eigenvalue weighted by molar-refractivity contribution is 5.91. The van der Waals surface area contributed by atoms with E-state index in [0.717, 1.165) is 29.9 Å². The fraction of sp³-hybridized carbons (Fsp3) is 0.0833. The van der Waals surface area contributed by atoms with E-state index in [4.69, 9.17) is 0 Å². The van der Waals surface area contributed by atoms with Crippen LogP contribution < -0.4 is 4.90 Å². The van der Waals surface area contributed by atoms with Crippen LogP contribution in [-0.2, 0) is 23.7 Å². The fourth-order valence-corrected chi connectivity index (χ4v) is 12.4. The van der Waals surface area contributed by atoms with Crippen LogP contribution in [0.1, 0.15) is 69.5 Å². The maximum atomic E-state index is 2.49. The summed E-state index contributed by atoms with van der Waals surface area (Å²) in [5.74, 6) is 0. The van der Waals surface area contributed by atoms with Gasteiger partial charge >= 0.3 is 0 Å². The first-order valence-corrected chi connectivity index (χ1v) is 25.7. The SMILES string of the molecule is CC1(C)c2ccccc2-c2ccc(-c3ccc(N(c4ccc(-c5ccccc5Cc5ccccc5)c(Cc5ccccc5)c4)c4ccc5c(c4)C(c4ccccc4)(c4ccccc4)c4ccccc4-5)cc3)cc21. The normalized spacial score (nSPS) is 13.4. The van der Waals surface area contributed by atoms with Crippen LogP contribution in [0.2, 0.25) is 0 Å². The van der Waals surface area contributed by atoms with Crippen LogP contribution in [0, 0.1) is 0 Å². The van der Waals surface area contributed by atoms with Crippen molar-refractivity contribution >= 4 is 17.1 Å². The average Bonchev–Trinajstić information content (AvgIpc) is 3.88. The minimum absolute atomic E-state index is 0.0771. The zero-order valence-electron chi connectivity index (χ0n) is 41.3. The molecule has 0 bridgehead atoms. The first-order chi connectivity index (χ1) is 35.9. The molecular formula is C72H55N. The van der Waals surface area contributed by atoms with Gasteiger partial charge in [0.15, 0.2) is 0 Å². The molecule has 0 saturated heterocycles. The quantitative estimate of drug-likeness (QED) is 0.125. The maximum Gasteiger partial charge on any atom is 0.0714 e. The first-order valence-electron chi connectivity index (χ1n) is 25.7. The van der Waals surface area contributed by atoms with E-state index in [1.165, 1.54) is 100 Å². The summed E-state index contributed by atoms with van der Waals surface area (Å²) in [5, 5.41) is 0. The van der Waals surface area contributed by atoms with Gasteiger partial charge in [0.1, 0.15) is 0 Å². The van der Waals surface area contributed by atoms with Crippen LogP contribution in [0.3, 0.4) is 0 Å². The standard InChI is InChI=1S/C72H55N/c1-71(2)67-33-19-17-31-63(67)65-42-37-53(48-69(65)71)52-35-38-58(39-36-52)73(59-40-43-62(55(47-59)46-51-23-9-4-10-24-51)61-30-16-15-25-54(61)45-50-21-7-3-8-22-50)60-41-44-66-64-32-18-20-34-68(64)72(70(66)49-60,56-26-11-5-12-27-56)57-28-13-6-14-29-57/h3-44,47-49H,45-46H2,1-2H3. The predicted octanol–water partition coefficient (Wildman–Crippen LogP) is 18.3. The Morgan fingerprint density at radius 3 is 1.36 bits per heavy atom. The Hall–Kier alpha value is -8.78. The zero-order valence-corrected chi connectivity index (χ0v) is 41.3. The van der Waals surface area contributed by atoms with Crippen molar-refractivity contribution in [3.63, 3.8) is 0 Å². The Bertz CT molecular complexity index is 3760. The minimum atomic E-state index is -0.536. The molecule has 1 heteroatoms. The summed E-state index contributed by atoms with van der Waals surface area (Å²) in [6, 6.07) is 102. The Morgan fingerprint density at radius 1 is 0.288 bits per heavy atom. The van der Waals surface area contributed by atoms with Gasteiger partial charge in [-0.1, -0.05) is 244 Å². The molecule has 11 aromatic rings. The Kier molecular flexibility index (Phi) is 11.0. The molecule has 0 amide bonds. The van der Waals surface area contributed by atoms with Gasteiger partial charge in [0.25, 0.3) is 0 Å². The zero-order chi connectivity index (χ0) is 48.9. The van der Waals surface area contributed by atoms with E-state index in [1.807, 2.05) is 0 Å². The summed E-state index contributed by atoms with van der Waals surface area (Å²) in [6.45, 7) is 4.72. The second kappa shape index (κ2) is 18.1. The summed E-state index contributed by atoms with van der Waals surface area (Å²) in [6.07, 6.45) is 1.65. The molecule has 0 saturated carbocycles. The Morgan fingerprint density at radius 2 is 0.712 bits per heavy atom. The van der Waals surface area contributed by atoms with E-state index in [2.05, 4.69) is 292 Å². The highest BCUT2D eigenvalue weighted by atomic mass is 15.1. The van der Waals surface area contributed by atoms with Gasteiger partial charge in [0, 0.05) is 22.5 Å². The van der Waals surface area contributed by atoms with E-state index in [0.29, 0.717) is 0 Å². The molecule has 0 radical (unpaired) electrons. The molecule has 2 aliphatic rings. The molecule has 348 valence electrons. The highest BCUT2D eigenvalue weighted by Gasteiger charge is 2.46. The topological polar surface area (TPSA) is 3.24 Å². The number of nitrogens with zero attached hydrogens (tertiary/aromatic N) is 1. The molecule has 0 N–H and O–H groups in total. The summed E-state index contributed by atoms with van der Waals surface area (Å²) in [4.78, 5) is 2.49. The summed E-state index contributed by atoms with van der Waals surface area (Å²) in [5.41, 5.74) is 25.9. The summed E-state index contributed by atoms with van der Waals surface area (Å²) < 4.78 is 0. The van der Waals surface area contributed by atoms with Crippen LogP contribution in [-0.4, -0.2) is 0 Å². The van der Waals surface area contributed by atoms with Crippen LogP contribution >= 0.6 is 0 Å². The van der Waals surface area contributed by atoms with Crippen molar-refractivity contribution in [1.82, 2.24) is 0 Å². The monoisotopic (exact) mass is 933 g/mol. The van der Waals surface area contributed by atoms with Crippen LogP contribution in [0.5, 0.6) is 0 Å². The third-order valence-electron chi connectivity index (χ3n) is 15.9. The molecule has 0 atom stereocenters. The third-order valence-corrected chi connectivity index (χ3v) is 15.9. The van der Waals surface area contributed by atoms with Gasteiger partial charge < -0.3 is 4.90 Å². The van der Waals surface area contributed by atoms with Crippen LogP contribution in [0.4, 0.5) is 17.1 Å². The number of hydrogen-bond acceptors (Lipinski definition) is 1. The summed E-state index contributed by atoms with van der Waals surface area (Å²) >= 11 is 0. The van der Waals surface area contributed by atoms with Crippen molar-refractivity contribution < 1.29 is 0 Å². The molecule has 13 rings (SSSR count). The molecule has 2 aliphatic carbocycles. The molecule has 0 aromatic heterocycles. The molecule has 0 fully saturated rings. The Labute approximate surface area is 430 Å². The van der Waals surface area contributed by atoms with Gasteiger partial charge in [0.05, 0.1) is 5.41 Å². The van der Waals surface area contributed by atoms with E-state index in [-0.39, 0.29) is 5.41 Å². The largest absolute Gasteiger partial charge is 0.310 e. The van der Waals surface area contributed by atoms with Gasteiger partial charge in [-0.2, -0.15) is 0 Å². The molecule has 73 heavy (non-hydrogen) atoms. The van der Waals surface area contributed by atoms with Crippen molar-refractivity contribution in [3.8, 4) is 44.5 Å². The number of benzene rings is 11. The molecule has 0 aliphatic heterocycles. The highest BCUT2D eigenvalue weighted by Crippen LogP contribution is 2.57. The van der Waals surface area contributed by atoms with Crippen LogP contribution in [0.25, 0.3) is 44.5 Å². The smallest absolute Gasteiger partial charge is 0.0714 e. The number of hydrogen-bond donors (Lipinski definition) is 0. The number of rotatable bonds is 11. The predicted molar refractivity (Wildman–Crippen MR) is 305 cm³/mol. The van der Waals surface area contributed by atoms with Crippen LogP contribution in [0.15, 0.2) is 273 Å². The van der Waals surface area contributed by atoms with Crippen molar-refractivity contribution in [2.75, 3.05) is 4.90 Å². The lowest BCUT2D eigenvalue weighted by molar-refractivity contribution is 0.660. The van der Waals surface area contributed by atoms with Crippen molar-refractivity contribution in [2.24, 2.45) is 0 Å². The van der Waals surface area contributed by atoms with Crippen molar-refractivity contribution in [1.29, 1.82) is 0 Å². The number of anilines is 3. The lowest BCUT2D eigenvalue weighted by Crippen LogP contribution is -2.28. The minimum Gasteiger partial charge on any atom is -0.310 e. The summed E-state index contributed by atoms with van der Waals surface area (Å²) in [7, 11) is 0. The second-order valence-corrected chi connectivity index (χ2v) is 20.4. The third kappa shape index (κ3) is 7.54. The van der Waals surface area contributed by atoms with Gasteiger partial charge in [-0.3, -0.25) is 0 Å². The Balaban J connectivity index is 1.00. The molecule has 0 heterocycles. The average molecular weight is 934 g/mol. The van der Waals surface area contributed by atoms with E-state index in [9.17, 15) is 0 Å². The van der Waals surface area contributed by atoms with E-state index in [1.54, 1.807) is 0 Å². The number of fused-ring (bicyclic) bond motifs is 6. The lowest BCUT2D eigenvalue weighted by Gasteiger charge is -2.35. The van der Waals surface area contributed by atoms with Crippen molar-refractivity contribution in [2.45, 2.75) is 37.5 Å². The molecular weight excluding hydrogens is 879 g/mol. The van der Waals surface area contributed by atoms with Crippen molar-refractivity contribution in [3.05, 3.63) is 329 Å². The van der Waals surface area contributed by atoms with E-state index < -0.39 is 5.41 Å². The second-order valence-electron chi connectivity index (χ2n) is 20.4. The van der Waals surface area contributed by atoms with Gasteiger partial charge in [0.2, 0.25) is 0 Å². The maximum absolute atomic E-state index is 2.49. The lowest BCUT2D eigenvalue weighted by atomic mass is 9.67. The fourth-order valence-electron chi connectivity index (χ4n) is 12.4. The first kappa shape index (κ1) is 44.2. The molecule has 1 nitrogen and oxygen atoms in total. The van der Waals surface area contributed by atoms with Gasteiger partial charge in [-0.05, 0) is 155 Å².